The van der Waals surface area contributed by atoms with E-state index in [4.69, 9.17) is 4.74 Å². The van der Waals surface area contributed by atoms with Crippen LogP contribution in [0.1, 0.15) is 31.2 Å². The van der Waals surface area contributed by atoms with Crippen molar-refractivity contribution in [3.05, 3.63) is 29.8 Å². The van der Waals surface area contributed by atoms with Gasteiger partial charge in [-0.1, -0.05) is 12.1 Å². The highest BCUT2D eigenvalue weighted by atomic mass is 16.5. The Morgan fingerprint density at radius 1 is 1.26 bits per heavy atom. The summed E-state index contributed by atoms with van der Waals surface area (Å²) < 4.78 is 5.08. The third-order valence-electron chi connectivity index (χ3n) is 3.54. The van der Waals surface area contributed by atoms with Crippen molar-refractivity contribution >= 4 is 11.7 Å². The van der Waals surface area contributed by atoms with Crippen molar-refractivity contribution in [2.24, 2.45) is 5.92 Å². The minimum Gasteiger partial charge on any atom is -0.497 e. The Balaban J connectivity index is 1.80. The molecule has 0 atom stereocenters. The van der Waals surface area contributed by atoms with Crippen LogP contribution in [0.25, 0.3) is 0 Å². The van der Waals surface area contributed by atoms with Gasteiger partial charge in [0.2, 0.25) is 5.91 Å². The second-order valence-electron chi connectivity index (χ2n) is 4.88. The van der Waals surface area contributed by atoms with E-state index in [1.54, 1.807) is 7.11 Å². The van der Waals surface area contributed by atoms with Crippen LogP contribution in [0.5, 0.6) is 5.75 Å². The first-order chi connectivity index (χ1) is 9.19. The molecule has 2 rings (SSSR count). The van der Waals surface area contributed by atoms with Gasteiger partial charge in [0.05, 0.1) is 7.11 Å². The van der Waals surface area contributed by atoms with Gasteiger partial charge in [0.25, 0.3) is 0 Å². The second-order valence-corrected chi connectivity index (χ2v) is 4.88. The summed E-state index contributed by atoms with van der Waals surface area (Å²) in [5.41, 5.74) is 1.04. The Morgan fingerprint density at radius 2 is 1.89 bits per heavy atom. The van der Waals surface area contributed by atoms with Gasteiger partial charge in [0, 0.05) is 25.3 Å². The number of Topliss-reactive ketones (excluding diaryl/α,β-unsaturated/α-hetero) is 1. The van der Waals surface area contributed by atoms with Crippen molar-refractivity contribution < 1.29 is 14.3 Å². The average molecular weight is 261 g/mol. The Hall–Kier alpha value is -1.84. The zero-order chi connectivity index (χ0) is 13.7. The Kier molecular flexibility index (Phi) is 4.55. The van der Waals surface area contributed by atoms with Gasteiger partial charge in [0.15, 0.2) is 0 Å². The maximum absolute atomic E-state index is 12.0. The van der Waals surface area contributed by atoms with E-state index < -0.39 is 0 Å². The summed E-state index contributed by atoms with van der Waals surface area (Å²) >= 11 is 0. The summed E-state index contributed by atoms with van der Waals surface area (Å²) in [5.74, 6) is 1.14. The van der Waals surface area contributed by atoms with E-state index in [1.165, 1.54) is 0 Å². The lowest BCUT2D eigenvalue weighted by molar-refractivity contribution is -0.128. The topological polar surface area (TPSA) is 55.4 Å². The first-order valence-corrected chi connectivity index (χ1v) is 6.61. The van der Waals surface area contributed by atoms with Crippen LogP contribution in [0.15, 0.2) is 24.3 Å². The van der Waals surface area contributed by atoms with E-state index in [-0.39, 0.29) is 17.6 Å². The molecule has 0 heterocycles. The SMILES string of the molecule is COc1ccc(CNC(=O)C2CCC(=O)CC2)cc1. The Bertz CT molecular complexity index is 443. The summed E-state index contributed by atoms with van der Waals surface area (Å²) in [5, 5.41) is 2.93. The van der Waals surface area contributed by atoms with Crippen LogP contribution in [0.3, 0.4) is 0 Å². The molecule has 0 aliphatic heterocycles. The predicted octanol–water partition coefficient (Wildman–Crippen LogP) is 2.07. The van der Waals surface area contributed by atoms with Gasteiger partial charge in [-0.2, -0.15) is 0 Å². The lowest BCUT2D eigenvalue weighted by atomic mass is 9.88. The quantitative estimate of drug-likeness (QED) is 0.902. The molecule has 0 radical (unpaired) electrons. The predicted molar refractivity (Wildman–Crippen MR) is 71.8 cm³/mol. The molecule has 0 unspecified atom stereocenters. The number of ether oxygens (including phenoxy) is 1. The van der Waals surface area contributed by atoms with Crippen molar-refractivity contribution in [2.75, 3.05) is 7.11 Å². The number of rotatable bonds is 4. The summed E-state index contributed by atoms with van der Waals surface area (Å²) in [6.45, 7) is 0.521. The molecule has 1 N–H and O–H groups in total. The molecule has 1 aromatic rings. The van der Waals surface area contributed by atoms with Crippen molar-refractivity contribution in [1.29, 1.82) is 0 Å². The van der Waals surface area contributed by atoms with Crippen molar-refractivity contribution in [3.8, 4) is 5.75 Å². The number of benzene rings is 1. The molecular formula is C15H19NO3. The number of hydrogen-bond acceptors (Lipinski definition) is 3. The number of carbonyl (C=O) groups is 2. The molecule has 0 bridgehead atoms. The maximum Gasteiger partial charge on any atom is 0.223 e. The zero-order valence-corrected chi connectivity index (χ0v) is 11.1. The highest BCUT2D eigenvalue weighted by Crippen LogP contribution is 2.21. The first kappa shape index (κ1) is 13.6. The summed E-state index contributed by atoms with van der Waals surface area (Å²) in [7, 11) is 1.63. The molecule has 19 heavy (non-hydrogen) atoms. The van der Waals surface area contributed by atoms with Gasteiger partial charge in [-0.3, -0.25) is 9.59 Å². The fourth-order valence-corrected chi connectivity index (χ4v) is 2.28. The summed E-state index contributed by atoms with van der Waals surface area (Å²) in [6.07, 6.45) is 2.46. The molecule has 1 aliphatic carbocycles. The number of nitrogens with one attached hydrogen (secondary N) is 1. The van der Waals surface area contributed by atoms with Crippen LogP contribution in [0.4, 0.5) is 0 Å². The number of ketones is 1. The summed E-state index contributed by atoms with van der Waals surface area (Å²) in [4.78, 5) is 23.1. The number of hydrogen-bond donors (Lipinski definition) is 1. The van der Waals surface area contributed by atoms with Crippen molar-refractivity contribution in [2.45, 2.75) is 32.2 Å². The molecule has 0 aromatic heterocycles. The molecule has 1 aromatic carbocycles. The van der Waals surface area contributed by atoms with Gasteiger partial charge in [-0.15, -0.1) is 0 Å². The van der Waals surface area contributed by atoms with E-state index in [0.29, 0.717) is 32.2 Å². The molecule has 0 saturated heterocycles. The van der Waals surface area contributed by atoms with Crippen LogP contribution in [0, 0.1) is 5.92 Å². The van der Waals surface area contributed by atoms with Crippen LogP contribution < -0.4 is 10.1 Å². The minimum atomic E-state index is -0.00375. The smallest absolute Gasteiger partial charge is 0.223 e. The van der Waals surface area contributed by atoms with Crippen LogP contribution in [-0.4, -0.2) is 18.8 Å². The Morgan fingerprint density at radius 3 is 2.47 bits per heavy atom. The van der Waals surface area contributed by atoms with Crippen LogP contribution in [0.2, 0.25) is 0 Å². The van der Waals surface area contributed by atoms with E-state index in [9.17, 15) is 9.59 Å². The average Bonchev–Trinajstić information content (AvgIpc) is 2.46. The second kappa shape index (κ2) is 6.36. The number of methoxy groups -OCH3 is 1. The lowest BCUT2D eigenvalue weighted by Gasteiger charge is -2.20. The highest BCUT2D eigenvalue weighted by Gasteiger charge is 2.24. The number of carbonyl (C=O) groups excluding carboxylic acids is 2. The maximum atomic E-state index is 12.0. The molecule has 0 spiro atoms. The monoisotopic (exact) mass is 261 g/mol. The number of amides is 1. The molecule has 1 amide bonds. The van der Waals surface area contributed by atoms with Crippen molar-refractivity contribution in [1.82, 2.24) is 5.32 Å². The molecule has 1 aliphatic rings. The van der Waals surface area contributed by atoms with Gasteiger partial charge in [-0.25, -0.2) is 0 Å². The van der Waals surface area contributed by atoms with E-state index in [1.807, 2.05) is 24.3 Å². The normalized spacial score (nSPS) is 16.2. The minimum absolute atomic E-state index is 0.00375. The van der Waals surface area contributed by atoms with Crippen LogP contribution >= 0.6 is 0 Å². The molecule has 4 nitrogen and oxygen atoms in total. The van der Waals surface area contributed by atoms with Gasteiger partial charge in [0.1, 0.15) is 11.5 Å². The zero-order valence-electron chi connectivity index (χ0n) is 11.1. The standard InChI is InChI=1S/C15H19NO3/c1-19-14-8-2-11(3-9-14)10-16-15(18)12-4-6-13(17)7-5-12/h2-3,8-9,12H,4-7,10H2,1H3,(H,16,18). The van der Waals surface area contributed by atoms with Crippen LogP contribution in [-0.2, 0) is 16.1 Å². The Labute approximate surface area is 113 Å². The first-order valence-electron chi connectivity index (χ1n) is 6.61. The fraction of sp³-hybridized carbons (Fsp3) is 0.467. The third-order valence-corrected chi connectivity index (χ3v) is 3.54. The van der Waals surface area contributed by atoms with Crippen molar-refractivity contribution in [3.63, 3.8) is 0 Å². The third kappa shape index (κ3) is 3.81. The van der Waals surface area contributed by atoms with E-state index in [2.05, 4.69) is 5.32 Å². The van der Waals surface area contributed by atoms with Gasteiger partial charge in [-0.05, 0) is 30.5 Å². The van der Waals surface area contributed by atoms with Gasteiger partial charge >= 0.3 is 0 Å². The highest BCUT2D eigenvalue weighted by molar-refractivity contribution is 5.84. The molecular weight excluding hydrogens is 242 g/mol. The molecule has 4 heteroatoms. The van der Waals surface area contributed by atoms with E-state index >= 15 is 0 Å². The molecule has 102 valence electrons. The fourth-order valence-electron chi connectivity index (χ4n) is 2.28. The van der Waals surface area contributed by atoms with E-state index in [0.717, 1.165) is 11.3 Å². The molecule has 1 saturated carbocycles. The summed E-state index contributed by atoms with van der Waals surface area (Å²) in [6, 6.07) is 7.62. The molecule has 1 fully saturated rings. The largest absolute Gasteiger partial charge is 0.497 e. The lowest BCUT2D eigenvalue weighted by Crippen LogP contribution is -2.32. The van der Waals surface area contributed by atoms with Gasteiger partial charge < -0.3 is 10.1 Å².